The number of hydrogen-bond acceptors (Lipinski definition) is 2. The lowest BCUT2D eigenvalue weighted by Gasteiger charge is -2.23. The van der Waals surface area contributed by atoms with E-state index < -0.39 is 5.41 Å². The van der Waals surface area contributed by atoms with Crippen LogP contribution >= 0.6 is 15.9 Å². The summed E-state index contributed by atoms with van der Waals surface area (Å²) >= 11 is 3.50. The highest BCUT2D eigenvalue weighted by molar-refractivity contribution is 9.10. The first kappa shape index (κ1) is 12.9. The second-order valence-electron chi connectivity index (χ2n) is 3.96. The molecule has 0 fully saturated rings. The van der Waals surface area contributed by atoms with Crippen LogP contribution in [-0.4, -0.2) is 14.2 Å². The van der Waals surface area contributed by atoms with Crippen molar-refractivity contribution in [3.63, 3.8) is 0 Å². The van der Waals surface area contributed by atoms with Gasteiger partial charge in [-0.3, -0.25) is 0 Å². The molecule has 0 atom stereocenters. The fourth-order valence-corrected chi connectivity index (χ4v) is 2.43. The standard InChI is InChI=1S/C13H15BrO2/c1-6-13(2,3)12-10(14)7-9(15-4)8-11(12)16-5/h1,7-8H,2-5H3. The van der Waals surface area contributed by atoms with E-state index in [0.29, 0.717) is 0 Å². The first-order valence-corrected chi connectivity index (χ1v) is 5.65. The first-order valence-electron chi connectivity index (χ1n) is 4.86. The summed E-state index contributed by atoms with van der Waals surface area (Å²) in [6.07, 6.45) is 5.54. The first-order chi connectivity index (χ1) is 7.46. The van der Waals surface area contributed by atoms with Crippen molar-refractivity contribution in [3.05, 3.63) is 22.2 Å². The third-order valence-corrected chi connectivity index (χ3v) is 3.09. The monoisotopic (exact) mass is 282 g/mol. The van der Waals surface area contributed by atoms with Crippen LogP contribution in [0.1, 0.15) is 19.4 Å². The maximum absolute atomic E-state index is 5.54. The largest absolute Gasteiger partial charge is 0.497 e. The van der Waals surface area contributed by atoms with Gasteiger partial charge in [-0.25, -0.2) is 0 Å². The molecule has 0 amide bonds. The van der Waals surface area contributed by atoms with E-state index in [4.69, 9.17) is 15.9 Å². The molecule has 1 rings (SSSR count). The van der Waals surface area contributed by atoms with Crippen LogP contribution in [0.5, 0.6) is 11.5 Å². The number of ether oxygens (including phenoxy) is 2. The van der Waals surface area contributed by atoms with Crippen molar-refractivity contribution in [2.45, 2.75) is 19.3 Å². The zero-order valence-corrected chi connectivity index (χ0v) is 11.5. The molecule has 0 N–H and O–H groups in total. The van der Waals surface area contributed by atoms with Crippen LogP contribution in [0, 0.1) is 12.3 Å². The van der Waals surface area contributed by atoms with Crippen LogP contribution < -0.4 is 9.47 Å². The third kappa shape index (κ3) is 2.33. The van der Waals surface area contributed by atoms with Crippen LogP contribution in [0.15, 0.2) is 16.6 Å². The molecule has 0 aliphatic carbocycles. The van der Waals surface area contributed by atoms with Crippen molar-refractivity contribution < 1.29 is 9.47 Å². The molecule has 0 heterocycles. The van der Waals surface area contributed by atoms with Gasteiger partial charge >= 0.3 is 0 Å². The molecular weight excluding hydrogens is 268 g/mol. The second-order valence-corrected chi connectivity index (χ2v) is 4.81. The van der Waals surface area contributed by atoms with Crippen LogP contribution in [0.2, 0.25) is 0 Å². The average molecular weight is 283 g/mol. The number of benzene rings is 1. The Morgan fingerprint density at radius 2 is 1.88 bits per heavy atom. The molecule has 0 bridgehead atoms. The summed E-state index contributed by atoms with van der Waals surface area (Å²) in [7, 11) is 3.24. The van der Waals surface area contributed by atoms with Gasteiger partial charge in [0.25, 0.3) is 0 Å². The second kappa shape index (κ2) is 4.80. The Kier molecular flexibility index (Phi) is 3.88. The van der Waals surface area contributed by atoms with E-state index in [1.165, 1.54) is 0 Å². The van der Waals surface area contributed by atoms with Crippen molar-refractivity contribution in [1.82, 2.24) is 0 Å². The van der Waals surface area contributed by atoms with E-state index in [0.717, 1.165) is 21.5 Å². The third-order valence-electron chi connectivity index (χ3n) is 2.47. The summed E-state index contributed by atoms with van der Waals surface area (Å²) < 4.78 is 11.4. The van der Waals surface area contributed by atoms with E-state index in [2.05, 4.69) is 21.9 Å². The van der Waals surface area contributed by atoms with E-state index in [1.807, 2.05) is 26.0 Å². The molecular formula is C13H15BrO2. The Morgan fingerprint density at radius 3 is 2.31 bits per heavy atom. The smallest absolute Gasteiger partial charge is 0.128 e. The molecule has 0 radical (unpaired) electrons. The van der Waals surface area contributed by atoms with Gasteiger partial charge in [0.1, 0.15) is 11.5 Å². The van der Waals surface area contributed by atoms with Crippen molar-refractivity contribution in [2.24, 2.45) is 0 Å². The predicted molar refractivity (Wildman–Crippen MR) is 69.1 cm³/mol. The van der Waals surface area contributed by atoms with Crippen molar-refractivity contribution in [3.8, 4) is 23.8 Å². The van der Waals surface area contributed by atoms with Gasteiger partial charge < -0.3 is 9.47 Å². The number of methoxy groups -OCH3 is 2. The van der Waals surface area contributed by atoms with Gasteiger partial charge in [0.05, 0.1) is 19.6 Å². The zero-order valence-electron chi connectivity index (χ0n) is 9.93. The molecule has 0 aromatic heterocycles. The molecule has 2 nitrogen and oxygen atoms in total. The number of halogens is 1. The molecule has 1 aromatic carbocycles. The molecule has 3 heteroatoms. The molecule has 0 unspecified atom stereocenters. The van der Waals surface area contributed by atoms with E-state index in [1.54, 1.807) is 14.2 Å². The molecule has 0 aliphatic rings. The molecule has 0 spiro atoms. The highest BCUT2D eigenvalue weighted by Gasteiger charge is 2.25. The summed E-state index contributed by atoms with van der Waals surface area (Å²) in [4.78, 5) is 0. The van der Waals surface area contributed by atoms with Gasteiger partial charge in [-0.2, -0.15) is 0 Å². The van der Waals surface area contributed by atoms with E-state index in [9.17, 15) is 0 Å². The summed E-state index contributed by atoms with van der Waals surface area (Å²) in [5.74, 6) is 4.23. The van der Waals surface area contributed by atoms with Crippen LogP contribution in [-0.2, 0) is 5.41 Å². The Hall–Kier alpha value is -1.14. The molecule has 0 saturated heterocycles. The van der Waals surface area contributed by atoms with Gasteiger partial charge in [-0.15, -0.1) is 6.42 Å². The maximum Gasteiger partial charge on any atom is 0.128 e. The summed E-state index contributed by atoms with van der Waals surface area (Å²) in [5, 5.41) is 0. The Bertz CT molecular complexity index is 430. The van der Waals surface area contributed by atoms with Crippen LogP contribution in [0.3, 0.4) is 0 Å². The fourth-order valence-electron chi connectivity index (χ4n) is 1.52. The lowest BCUT2D eigenvalue weighted by Crippen LogP contribution is -2.16. The number of terminal acetylenes is 1. The zero-order chi connectivity index (χ0) is 12.3. The minimum atomic E-state index is -0.392. The topological polar surface area (TPSA) is 18.5 Å². The minimum Gasteiger partial charge on any atom is -0.497 e. The van der Waals surface area contributed by atoms with Gasteiger partial charge in [0.15, 0.2) is 0 Å². The summed E-state index contributed by atoms with van der Waals surface area (Å²) in [6, 6.07) is 3.72. The van der Waals surface area contributed by atoms with Crippen molar-refractivity contribution >= 4 is 15.9 Å². The van der Waals surface area contributed by atoms with E-state index in [-0.39, 0.29) is 0 Å². The summed E-state index contributed by atoms with van der Waals surface area (Å²) in [5.41, 5.74) is 0.564. The number of hydrogen-bond donors (Lipinski definition) is 0. The van der Waals surface area contributed by atoms with Crippen LogP contribution in [0.25, 0.3) is 0 Å². The minimum absolute atomic E-state index is 0.392. The molecule has 0 aliphatic heterocycles. The van der Waals surface area contributed by atoms with Crippen molar-refractivity contribution in [2.75, 3.05) is 14.2 Å². The molecule has 86 valence electrons. The SMILES string of the molecule is C#CC(C)(C)c1c(Br)cc(OC)cc1OC. The van der Waals surface area contributed by atoms with E-state index >= 15 is 0 Å². The highest BCUT2D eigenvalue weighted by atomic mass is 79.9. The average Bonchev–Trinajstić information content (AvgIpc) is 2.27. The maximum atomic E-state index is 5.54. The van der Waals surface area contributed by atoms with Crippen molar-refractivity contribution in [1.29, 1.82) is 0 Å². The normalized spacial score (nSPS) is 10.8. The quantitative estimate of drug-likeness (QED) is 0.792. The Labute approximate surface area is 105 Å². The lowest BCUT2D eigenvalue weighted by atomic mass is 9.85. The van der Waals surface area contributed by atoms with Gasteiger partial charge in [-0.1, -0.05) is 21.9 Å². The molecule has 16 heavy (non-hydrogen) atoms. The Balaban J connectivity index is 3.45. The lowest BCUT2D eigenvalue weighted by molar-refractivity contribution is 0.386. The Morgan fingerprint density at radius 1 is 1.25 bits per heavy atom. The number of rotatable bonds is 3. The fraction of sp³-hybridized carbons (Fsp3) is 0.385. The molecule has 1 aromatic rings. The van der Waals surface area contributed by atoms with Gasteiger partial charge in [0.2, 0.25) is 0 Å². The van der Waals surface area contributed by atoms with Crippen LogP contribution in [0.4, 0.5) is 0 Å². The van der Waals surface area contributed by atoms with Gasteiger partial charge in [-0.05, 0) is 19.9 Å². The molecule has 0 saturated carbocycles. The predicted octanol–water partition coefficient (Wildman–Crippen LogP) is 3.38. The summed E-state index contributed by atoms with van der Waals surface area (Å²) in [6.45, 7) is 3.95. The van der Waals surface area contributed by atoms with Gasteiger partial charge in [0, 0.05) is 16.1 Å². The highest BCUT2D eigenvalue weighted by Crippen LogP contribution is 2.40.